The highest BCUT2D eigenvalue weighted by Crippen LogP contribution is 2.33. The van der Waals surface area contributed by atoms with Gasteiger partial charge in [-0.1, -0.05) is 36.4 Å². The van der Waals surface area contributed by atoms with E-state index in [1.54, 1.807) is 12.1 Å². The number of benzene rings is 2. The summed E-state index contributed by atoms with van der Waals surface area (Å²) in [5, 5.41) is 2.53. The average Bonchev–Trinajstić information content (AvgIpc) is 3.00. The van der Waals surface area contributed by atoms with Crippen molar-refractivity contribution in [3.05, 3.63) is 71.3 Å². The standard InChI is InChI=1S/C19H16F3NO/c20-19(21,22)17(14-5-2-1-3-6-14)12-18(24)23-16-10-9-13-7-4-8-15(13)11-16/h1-3,5-6,9-12H,4,7-8H2,(H,23,24)/b17-12+. The van der Waals surface area contributed by atoms with Gasteiger partial charge in [-0.15, -0.1) is 0 Å². The summed E-state index contributed by atoms with van der Waals surface area (Å²) < 4.78 is 39.7. The monoisotopic (exact) mass is 331 g/mol. The Morgan fingerprint density at radius 3 is 2.42 bits per heavy atom. The van der Waals surface area contributed by atoms with Crippen LogP contribution in [-0.4, -0.2) is 12.1 Å². The molecular formula is C19H16F3NO. The number of halogens is 3. The first-order chi connectivity index (χ1) is 11.4. The lowest BCUT2D eigenvalue weighted by molar-refractivity contribution is -0.112. The summed E-state index contributed by atoms with van der Waals surface area (Å²) in [5.74, 6) is -0.788. The first kappa shape index (κ1) is 16.3. The third kappa shape index (κ3) is 3.67. The zero-order valence-electron chi connectivity index (χ0n) is 12.9. The van der Waals surface area contributed by atoms with Gasteiger partial charge in [0.15, 0.2) is 0 Å². The van der Waals surface area contributed by atoms with Crippen LogP contribution in [0.1, 0.15) is 23.1 Å². The highest BCUT2D eigenvalue weighted by molar-refractivity contribution is 6.04. The van der Waals surface area contributed by atoms with Crippen molar-refractivity contribution in [2.75, 3.05) is 5.32 Å². The Bertz CT molecular complexity index is 779. The second-order valence-electron chi connectivity index (χ2n) is 5.75. The maximum absolute atomic E-state index is 13.2. The topological polar surface area (TPSA) is 29.1 Å². The van der Waals surface area contributed by atoms with E-state index in [1.807, 2.05) is 12.1 Å². The van der Waals surface area contributed by atoms with Crippen LogP contribution in [0.4, 0.5) is 18.9 Å². The van der Waals surface area contributed by atoms with Crippen molar-refractivity contribution in [1.29, 1.82) is 0 Å². The fraction of sp³-hybridized carbons (Fsp3) is 0.211. The highest BCUT2D eigenvalue weighted by Gasteiger charge is 2.35. The molecule has 124 valence electrons. The van der Waals surface area contributed by atoms with Crippen LogP contribution >= 0.6 is 0 Å². The summed E-state index contributed by atoms with van der Waals surface area (Å²) in [6.07, 6.45) is -0.972. The number of hydrogen-bond donors (Lipinski definition) is 1. The lowest BCUT2D eigenvalue weighted by Gasteiger charge is -2.12. The number of amides is 1. The molecule has 0 saturated heterocycles. The van der Waals surface area contributed by atoms with Crippen LogP contribution in [0.2, 0.25) is 0 Å². The van der Waals surface area contributed by atoms with Crippen LogP contribution in [-0.2, 0) is 17.6 Å². The molecule has 1 amide bonds. The Morgan fingerprint density at radius 1 is 1.00 bits per heavy atom. The largest absolute Gasteiger partial charge is 0.417 e. The van der Waals surface area contributed by atoms with Gasteiger partial charge in [-0.2, -0.15) is 13.2 Å². The minimum Gasteiger partial charge on any atom is -0.322 e. The molecule has 0 fully saturated rings. The summed E-state index contributed by atoms with van der Waals surface area (Å²) in [7, 11) is 0. The SMILES string of the molecule is O=C(/C=C(\c1ccccc1)C(F)(F)F)Nc1ccc2c(c1)CCC2. The summed E-state index contributed by atoms with van der Waals surface area (Å²) in [6, 6.07) is 12.8. The van der Waals surface area contributed by atoms with Gasteiger partial charge < -0.3 is 5.32 Å². The van der Waals surface area contributed by atoms with E-state index in [9.17, 15) is 18.0 Å². The molecule has 2 aromatic carbocycles. The number of allylic oxidation sites excluding steroid dienone is 1. The Kier molecular flexibility index (Phi) is 4.42. The number of nitrogens with one attached hydrogen (secondary N) is 1. The predicted molar refractivity (Wildman–Crippen MR) is 87.6 cm³/mol. The maximum atomic E-state index is 13.2. The lowest BCUT2D eigenvalue weighted by Crippen LogP contribution is -2.16. The van der Waals surface area contributed by atoms with E-state index in [2.05, 4.69) is 5.32 Å². The summed E-state index contributed by atoms with van der Waals surface area (Å²) in [5.41, 5.74) is 1.92. The summed E-state index contributed by atoms with van der Waals surface area (Å²) in [6.45, 7) is 0. The van der Waals surface area contributed by atoms with Crippen molar-refractivity contribution in [2.24, 2.45) is 0 Å². The van der Waals surface area contributed by atoms with Crippen molar-refractivity contribution in [2.45, 2.75) is 25.4 Å². The number of aryl methyl sites for hydroxylation is 2. The van der Waals surface area contributed by atoms with Crippen molar-refractivity contribution in [1.82, 2.24) is 0 Å². The van der Waals surface area contributed by atoms with Gasteiger partial charge in [-0.05, 0) is 48.1 Å². The number of carbonyl (C=O) groups is 1. The second-order valence-corrected chi connectivity index (χ2v) is 5.75. The van der Waals surface area contributed by atoms with Crippen LogP contribution in [0.5, 0.6) is 0 Å². The molecule has 0 spiro atoms. The van der Waals surface area contributed by atoms with Gasteiger partial charge in [0.1, 0.15) is 0 Å². The van der Waals surface area contributed by atoms with Crippen molar-refractivity contribution >= 4 is 17.2 Å². The van der Waals surface area contributed by atoms with Crippen LogP contribution in [0.3, 0.4) is 0 Å². The Hall–Kier alpha value is -2.56. The summed E-state index contributed by atoms with van der Waals surface area (Å²) in [4.78, 5) is 12.1. The first-order valence-electron chi connectivity index (χ1n) is 7.70. The normalized spacial score (nSPS) is 14.4. The van der Waals surface area contributed by atoms with Gasteiger partial charge >= 0.3 is 6.18 Å². The van der Waals surface area contributed by atoms with Crippen LogP contribution in [0.25, 0.3) is 5.57 Å². The smallest absolute Gasteiger partial charge is 0.322 e. The molecule has 1 aliphatic carbocycles. The van der Waals surface area contributed by atoms with Crippen molar-refractivity contribution in [3.63, 3.8) is 0 Å². The molecule has 2 aromatic rings. The molecule has 0 unspecified atom stereocenters. The maximum Gasteiger partial charge on any atom is 0.417 e. The number of rotatable bonds is 3. The minimum atomic E-state index is -4.60. The highest BCUT2D eigenvalue weighted by atomic mass is 19.4. The first-order valence-corrected chi connectivity index (χ1v) is 7.70. The Morgan fingerprint density at radius 2 is 1.71 bits per heavy atom. The second kappa shape index (κ2) is 6.51. The fourth-order valence-corrected chi connectivity index (χ4v) is 2.91. The number of hydrogen-bond acceptors (Lipinski definition) is 1. The molecule has 0 bridgehead atoms. The van der Waals surface area contributed by atoms with Crippen molar-refractivity contribution < 1.29 is 18.0 Å². The summed E-state index contributed by atoms with van der Waals surface area (Å²) >= 11 is 0. The third-order valence-corrected chi connectivity index (χ3v) is 4.03. The van der Waals surface area contributed by atoms with Crippen LogP contribution < -0.4 is 5.32 Å². The van der Waals surface area contributed by atoms with Gasteiger partial charge in [0.25, 0.3) is 0 Å². The van der Waals surface area contributed by atoms with E-state index in [0.29, 0.717) is 11.8 Å². The Labute approximate surface area is 138 Å². The number of alkyl halides is 3. The molecule has 0 saturated carbocycles. The van der Waals surface area contributed by atoms with E-state index in [0.717, 1.165) is 24.8 Å². The molecule has 5 heteroatoms. The quantitative estimate of drug-likeness (QED) is 0.807. The fourth-order valence-electron chi connectivity index (χ4n) is 2.91. The van der Waals surface area contributed by atoms with Gasteiger partial charge in [-0.3, -0.25) is 4.79 Å². The molecule has 0 aromatic heterocycles. The Balaban J connectivity index is 1.83. The predicted octanol–water partition coefficient (Wildman–Crippen LogP) is 4.76. The van der Waals surface area contributed by atoms with Crippen LogP contribution in [0.15, 0.2) is 54.6 Å². The third-order valence-electron chi connectivity index (χ3n) is 4.03. The molecule has 0 radical (unpaired) electrons. The van der Waals surface area contributed by atoms with Gasteiger partial charge in [0.05, 0.1) is 5.57 Å². The number of fused-ring (bicyclic) bond motifs is 1. The van der Waals surface area contributed by atoms with Gasteiger partial charge in [-0.25, -0.2) is 0 Å². The van der Waals surface area contributed by atoms with Gasteiger partial charge in [0, 0.05) is 11.8 Å². The number of carbonyl (C=O) groups excluding carboxylic acids is 1. The van der Waals surface area contributed by atoms with Crippen LogP contribution in [0, 0.1) is 0 Å². The molecule has 0 aliphatic heterocycles. The molecule has 3 rings (SSSR count). The molecule has 0 atom stereocenters. The minimum absolute atomic E-state index is 0.0332. The number of anilines is 1. The zero-order chi connectivity index (χ0) is 17.2. The molecule has 1 N–H and O–H groups in total. The van der Waals surface area contributed by atoms with E-state index < -0.39 is 17.7 Å². The molecule has 1 aliphatic rings. The average molecular weight is 331 g/mol. The van der Waals surface area contributed by atoms with E-state index in [-0.39, 0.29) is 5.56 Å². The molecular weight excluding hydrogens is 315 g/mol. The lowest BCUT2D eigenvalue weighted by atomic mass is 10.0. The van der Waals surface area contributed by atoms with E-state index in [1.165, 1.54) is 29.8 Å². The molecule has 0 heterocycles. The van der Waals surface area contributed by atoms with Crippen molar-refractivity contribution in [3.8, 4) is 0 Å². The van der Waals surface area contributed by atoms with E-state index >= 15 is 0 Å². The molecule has 24 heavy (non-hydrogen) atoms. The molecule has 2 nitrogen and oxygen atoms in total. The van der Waals surface area contributed by atoms with E-state index in [4.69, 9.17) is 0 Å². The zero-order valence-corrected chi connectivity index (χ0v) is 12.9. The van der Waals surface area contributed by atoms with Gasteiger partial charge in [0.2, 0.25) is 5.91 Å².